The first-order valence-corrected chi connectivity index (χ1v) is 5.63. The molecule has 1 heterocycles. The second-order valence-corrected chi connectivity index (χ2v) is 4.66. The molecular formula is C13H15NS. The summed E-state index contributed by atoms with van der Waals surface area (Å²) in [5.74, 6) is 0.477. The number of aryl methyl sites for hydroxylation is 1. The van der Waals surface area contributed by atoms with Crippen molar-refractivity contribution in [3.63, 3.8) is 0 Å². The van der Waals surface area contributed by atoms with Crippen molar-refractivity contribution in [3.8, 4) is 0 Å². The van der Waals surface area contributed by atoms with Crippen LogP contribution in [0.4, 0.5) is 0 Å². The van der Waals surface area contributed by atoms with E-state index in [4.69, 9.17) is 0 Å². The van der Waals surface area contributed by atoms with Crippen molar-refractivity contribution in [1.82, 2.24) is 4.98 Å². The van der Waals surface area contributed by atoms with Crippen molar-refractivity contribution in [2.75, 3.05) is 0 Å². The number of para-hydroxylation sites is 1. The Balaban J connectivity index is 2.88. The summed E-state index contributed by atoms with van der Waals surface area (Å²) in [6.45, 7) is 6.48. The number of nitrogens with zero attached hydrogens (tertiary/aromatic N) is 1. The van der Waals surface area contributed by atoms with Crippen LogP contribution in [0.2, 0.25) is 0 Å². The molecule has 2 aromatic rings. The molecule has 0 amide bonds. The van der Waals surface area contributed by atoms with Crippen molar-refractivity contribution in [1.29, 1.82) is 0 Å². The Hall–Kier alpha value is -1.02. The van der Waals surface area contributed by atoms with E-state index < -0.39 is 0 Å². The van der Waals surface area contributed by atoms with Gasteiger partial charge in [-0.15, -0.1) is 12.6 Å². The van der Waals surface area contributed by atoms with Gasteiger partial charge in [0.05, 0.1) is 5.52 Å². The number of fused-ring (bicyclic) bond motifs is 1. The van der Waals surface area contributed by atoms with Gasteiger partial charge < -0.3 is 0 Å². The predicted octanol–water partition coefficient (Wildman–Crippen LogP) is 3.96. The zero-order valence-electron chi connectivity index (χ0n) is 9.28. The fraction of sp³-hybridized carbons (Fsp3) is 0.308. The minimum absolute atomic E-state index is 0.477. The third-order valence-electron chi connectivity index (χ3n) is 2.70. The van der Waals surface area contributed by atoms with Crippen LogP contribution in [0.3, 0.4) is 0 Å². The summed E-state index contributed by atoms with van der Waals surface area (Å²) in [5, 5.41) is 1.23. The third kappa shape index (κ3) is 1.74. The fourth-order valence-corrected chi connectivity index (χ4v) is 2.42. The van der Waals surface area contributed by atoms with Gasteiger partial charge in [-0.2, -0.15) is 0 Å². The maximum Gasteiger partial charge on any atom is 0.0734 e. The highest BCUT2D eigenvalue weighted by atomic mass is 32.1. The second-order valence-electron chi connectivity index (χ2n) is 4.18. The van der Waals surface area contributed by atoms with Gasteiger partial charge in [-0.25, -0.2) is 0 Å². The highest BCUT2D eigenvalue weighted by Gasteiger charge is 2.10. The Morgan fingerprint density at radius 3 is 2.67 bits per heavy atom. The van der Waals surface area contributed by atoms with Gasteiger partial charge in [0.15, 0.2) is 0 Å². The van der Waals surface area contributed by atoms with Gasteiger partial charge in [0.2, 0.25) is 0 Å². The maximum absolute atomic E-state index is 4.48. The first-order chi connectivity index (χ1) is 7.11. The van der Waals surface area contributed by atoms with Crippen LogP contribution in [0.1, 0.15) is 30.9 Å². The van der Waals surface area contributed by atoms with E-state index >= 15 is 0 Å². The van der Waals surface area contributed by atoms with Crippen LogP contribution in [-0.4, -0.2) is 4.98 Å². The Bertz CT molecular complexity index is 503. The average Bonchev–Trinajstić information content (AvgIpc) is 2.17. The Morgan fingerprint density at radius 1 is 1.27 bits per heavy atom. The zero-order valence-corrected chi connectivity index (χ0v) is 10.2. The molecule has 1 aromatic carbocycles. The van der Waals surface area contributed by atoms with E-state index in [1.165, 1.54) is 16.5 Å². The van der Waals surface area contributed by atoms with Crippen LogP contribution in [-0.2, 0) is 0 Å². The first kappa shape index (κ1) is 10.5. The molecule has 1 nitrogen and oxygen atoms in total. The van der Waals surface area contributed by atoms with E-state index in [-0.39, 0.29) is 0 Å². The van der Waals surface area contributed by atoms with E-state index in [0.29, 0.717) is 5.92 Å². The van der Waals surface area contributed by atoms with E-state index in [0.717, 1.165) is 10.4 Å². The first-order valence-electron chi connectivity index (χ1n) is 5.18. The molecule has 0 aliphatic heterocycles. The molecule has 2 heteroatoms. The summed E-state index contributed by atoms with van der Waals surface area (Å²) >= 11 is 4.48. The molecule has 0 saturated heterocycles. The van der Waals surface area contributed by atoms with Crippen molar-refractivity contribution < 1.29 is 0 Å². The normalized spacial score (nSPS) is 11.3. The van der Waals surface area contributed by atoms with E-state index in [1.807, 2.05) is 6.20 Å². The van der Waals surface area contributed by atoms with Crippen molar-refractivity contribution in [3.05, 3.63) is 35.5 Å². The molecule has 0 radical (unpaired) electrons. The molecule has 15 heavy (non-hydrogen) atoms. The van der Waals surface area contributed by atoms with Gasteiger partial charge in [-0.05, 0) is 24.0 Å². The molecule has 78 valence electrons. The average molecular weight is 217 g/mol. The highest BCUT2D eigenvalue weighted by molar-refractivity contribution is 7.80. The second kappa shape index (κ2) is 3.86. The monoisotopic (exact) mass is 217 g/mol. The lowest BCUT2D eigenvalue weighted by atomic mass is 9.97. The van der Waals surface area contributed by atoms with Crippen LogP contribution in [0.25, 0.3) is 10.9 Å². The van der Waals surface area contributed by atoms with Gasteiger partial charge in [0.25, 0.3) is 0 Å². The number of rotatable bonds is 1. The standard InChI is InChI=1S/C13H15NS/c1-8(2)12-10-6-4-5-9(3)13(10)14-7-11(12)15/h4-8,15H,1-3H3. The minimum atomic E-state index is 0.477. The van der Waals surface area contributed by atoms with E-state index in [1.54, 1.807) is 0 Å². The lowest BCUT2D eigenvalue weighted by Crippen LogP contribution is -1.95. The molecule has 0 aliphatic rings. The van der Waals surface area contributed by atoms with Crippen molar-refractivity contribution in [2.24, 2.45) is 0 Å². The van der Waals surface area contributed by atoms with Crippen LogP contribution in [0, 0.1) is 6.92 Å². The lowest BCUT2D eigenvalue weighted by Gasteiger charge is -2.13. The van der Waals surface area contributed by atoms with E-state index in [2.05, 4.69) is 56.6 Å². The van der Waals surface area contributed by atoms with Crippen LogP contribution < -0.4 is 0 Å². The summed E-state index contributed by atoms with van der Waals surface area (Å²) in [7, 11) is 0. The van der Waals surface area contributed by atoms with Gasteiger partial charge >= 0.3 is 0 Å². The molecule has 0 atom stereocenters. The molecule has 0 saturated carbocycles. The molecule has 2 rings (SSSR count). The van der Waals surface area contributed by atoms with Crippen LogP contribution in [0.5, 0.6) is 0 Å². The summed E-state index contributed by atoms with van der Waals surface area (Å²) in [6, 6.07) is 6.31. The molecule has 0 spiro atoms. The number of aromatic nitrogens is 1. The molecule has 0 aliphatic carbocycles. The Morgan fingerprint density at radius 2 is 2.00 bits per heavy atom. The SMILES string of the molecule is Cc1cccc2c(C(C)C)c(S)cnc12. The van der Waals surface area contributed by atoms with Gasteiger partial charge in [0.1, 0.15) is 0 Å². The molecule has 0 bridgehead atoms. The van der Waals surface area contributed by atoms with Crippen molar-refractivity contribution >= 4 is 23.5 Å². The topological polar surface area (TPSA) is 12.9 Å². The third-order valence-corrected chi connectivity index (χ3v) is 3.05. The number of pyridine rings is 1. The smallest absolute Gasteiger partial charge is 0.0734 e. The van der Waals surface area contributed by atoms with Gasteiger partial charge in [-0.1, -0.05) is 32.0 Å². The van der Waals surface area contributed by atoms with Gasteiger partial charge in [-0.3, -0.25) is 4.98 Å². The maximum atomic E-state index is 4.48. The minimum Gasteiger partial charge on any atom is -0.255 e. The highest BCUT2D eigenvalue weighted by Crippen LogP contribution is 2.30. The number of hydrogen-bond donors (Lipinski definition) is 1. The Labute approximate surface area is 95.9 Å². The molecule has 1 aromatic heterocycles. The molecule has 0 N–H and O–H groups in total. The predicted molar refractivity (Wildman–Crippen MR) is 67.8 cm³/mol. The Kier molecular flexibility index (Phi) is 2.70. The molecular weight excluding hydrogens is 202 g/mol. The number of hydrogen-bond acceptors (Lipinski definition) is 2. The van der Waals surface area contributed by atoms with Crippen LogP contribution in [0.15, 0.2) is 29.3 Å². The lowest BCUT2D eigenvalue weighted by molar-refractivity contribution is 0.850. The quantitative estimate of drug-likeness (QED) is 0.713. The zero-order chi connectivity index (χ0) is 11.0. The summed E-state index contributed by atoms with van der Waals surface area (Å²) in [6.07, 6.45) is 1.85. The van der Waals surface area contributed by atoms with E-state index in [9.17, 15) is 0 Å². The number of benzene rings is 1. The van der Waals surface area contributed by atoms with Gasteiger partial charge in [0, 0.05) is 16.5 Å². The summed E-state index contributed by atoms with van der Waals surface area (Å²) in [5.41, 5.74) is 3.62. The number of thiol groups is 1. The van der Waals surface area contributed by atoms with Crippen LogP contribution >= 0.6 is 12.6 Å². The largest absolute Gasteiger partial charge is 0.255 e. The molecule has 0 unspecified atom stereocenters. The van der Waals surface area contributed by atoms with Crippen molar-refractivity contribution in [2.45, 2.75) is 31.6 Å². The summed E-state index contributed by atoms with van der Waals surface area (Å²) < 4.78 is 0. The summed E-state index contributed by atoms with van der Waals surface area (Å²) in [4.78, 5) is 5.44. The molecule has 0 fully saturated rings. The fourth-order valence-electron chi connectivity index (χ4n) is 1.99.